The third-order valence-corrected chi connectivity index (χ3v) is 4.48. The van der Waals surface area contributed by atoms with Gasteiger partial charge in [-0.1, -0.05) is 13.8 Å². The predicted molar refractivity (Wildman–Crippen MR) is 109 cm³/mol. The normalized spacial score (nSPS) is 14.9. The molecule has 2 heterocycles. The second-order valence-electron chi connectivity index (χ2n) is 6.73. The van der Waals surface area contributed by atoms with E-state index in [0.717, 1.165) is 17.2 Å². The van der Waals surface area contributed by atoms with Gasteiger partial charge < -0.3 is 20.6 Å². The number of nitrogens with zero attached hydrogens (tertiary/aromatic N) is 3. The monoisotopic (exact) mass is 425 g/mol. The lowest BCUT2D eigenvalue weighted by Gasteiger charge is -2.30. The Morgan fingerprint density at radius 3 is 2.30 bits per heavy atom. The number of aryl methyl sites for hydroxylation is 1. The van der Waals surface area contributed by atoms with Crippen molar-refractivity contribution in [1.82, 2.24) is 9.97 Å². The molecular weight excluding hydrogens is 399 g/mol. The van der Waals surface area contributed by atoms with Crippen LogP contribution in [0.4, 0.5) is 30.6 Å². The fourth-order valence-corrected chi connectivity index (χ4v) is 2.79. The molecule has 7 nitrogen and oxygen atoms in total. The van der Waals surface area contributed by atoms with Crippen molar-refractivity contribution in [2.45, 2.75) is 46.1 Å². The van der Waals surface area contributed by atoms with Crippen molar-refractivity contribution in [3.8, 4) is 5.75 Å². The highest BCUT2D eigenvalue weighted by molar-refractivity contribution is 6.00. The Kier molecular flexibility index (Phi) is 7.85. The number of likely N-dealkylation sites (N-methyl/N-ethyl adjacent to an activating group) is 1. The first-order chi connectivity index (χ1) is 14.2. The molecule has 1 aromatic carbocycles. The van der Waals surface area contributed by atoms with Crippen LogP contribution in [0, 0.1) is 24.4 Å². The molecule has 10 heteroatoms. The van der Waals surface area contributed by atoms with Crippen LogP contribution >= 0.6 is 0 Å². The van der Waals surface area contributed by atoms with E-state index in [2.05, 4.69) is 20.6 Å². The van der Waals surface area contributed by atoms with Gasteiger partial charge in [0.2, 0.25) is 11.9 Å². The van der Waals surface area contributed by atoms with Crippen LogP contribution in [0.25, 0.3) is 0 Å². The first-order valence-corrected chi connectivity index (χ1v) is 9.74. The first-order valence-electron chi connectivity index (χ1n) is 9.74. The standard InChI is InChI=1S/C12H17N5O.C6H3F3O.C2H6/c1-7-10-11(17(2)6-9(18)15-10)16-12(13-7)14-8-4-3-5-8;7-4-1-3(10)2-5(8)6(4)9;1-2/h8H,3-6H2,1-2H3,(H,15,18)(H,13,14,16);1-2,10H;1-2H3. The maximum Gasteiger partial charge on any atom is 0.244 e. The summed E-state index contributed by atoms with van der Waals surface area (Å²) >= 11 is 0. The predicted octanol–water partition coefficient (Wildman–Crippen LogP) is 3.97. The second kappa shape index (κ2) is 10.1. The minimum atomic E-state index is -1.57. The number of benzene rings is 1. The molecule has 0 unspecified atom stereocenters. The summed E-state index contributed by atoms with van der Waals surface area (Å²) in [5.74, 6) is -3.54. The van der Waals surface area contributed by atoms with Crippen molar-refractivity contribution in [3.05, 3.63) is 35.3 Å². The number of halogens is 3. The molecular formula is C20H26F3N5O2. The number of hydrogen-bond donors (Lipinski definition) is 3. The van der Waals surface area contributed by atoms with E-state index in [4.69, 9.17) is 5.11 Å². The van der Waals surface area contributed by atoms with Crippen LogP contribution in [0.5, 0.6) is 5.75 Å². The van der Waals surface area contributed by atoms with Gasteiger partial charge in [-0.05, 0) is 26.2 Å². The highest BCUT2D eigenvalue weighted by atomic mass is 19.2. The minimum absolute atomic E-state index is 0.0172. The Labute approximate surface area is 173 Å². The molecule has 164 valence electrons. The first kappa shape index (κ1) is 23.2. The van der Waals surface area contributed by atoms with Gasteiger partial charge in [0.05, 0.1) is 12.2 Å². The number of phenols is 1. The molecule has 1 fully saturated rings. The van der Waals surface area contributed by atoms with Gasteiger partial charge in [-0.2, -0.15) is 4.98 Å². The number of carbonyl (C=O) groups is 1. The van der Waals surface area contributed by atoms with E-state index in [9.17, 15) is 18.0 Å². The number of anilines is 3. The SMILES string of the molecule is CC.Cc1nc(NC2CCC2)nc2c1NC(=O)CN2C.Oc1cc(F)c(F)c(F)c1. The molecule has 2 aromatic rings. The second-order valence-corrected chi connectivity index (χ2v) is 6.73. The molecule has 2 aliphatic rings. The van der Waals surface area contributed by atoms with Gasteiger partial charge in [0.1, 0.15) is 11.4 Å². The van der Waals surface area contributed by atoms with E-state index >= 15 is 0 Å². The van der Waals surface area contributed by atoms with Gasteiger partial charge in [0.15, 0.2) is 23.3 Å². The van der Waals surface area contributed by atoms with Gasteiger partial charge in [0.25, 0.3) is 0 Å². The molecule has 0 spiro atoms. The molecule has 0 saturated heterocycles. The summed E-state index contributed by atoms with van der Waals surface area (Å²) in [4.78, 5) is 22.3. The van der Waals surface area contributed by atoms with Crippen molar-refractivity contribution in [2.75, 3.05) is 29.1 Å². The van der Waals surface area contributed by atoms with Crippen LogP contribution in [0.3, 0.4) is 0 Å². The number of fused-ring (bicyclic) bond motifs is 1. The third kappa shape index (κ3) is 5.52. The number of phenolic OH excluding ortho intramolecular Hbond substituents is 1. The van der Waals surface area contributed by atoms with Gasteiger partial charge in [0, 0.05) is 25.2 Å². The van der Waals surface area contributed by atoms with Gasteiger partial charge in [-0.25, -0.2) is 18.2 Å². The number of hydrogen-bond acceptors (Lipinski definition) is 6. The van der Waals surface area contributed by atoms with E-state index in [1.54, 1.807) is 0 Å². The topological polar surface area (TPSA) is 90.4 Å². The molecule has 0 bridgehead atoms. The van der Waals surface area contributed by atoms with Crippen molar-refractivity contribution in [1.29, 1.82) is 0 Å². The molecule has 1 amide bonds. The summed E-state index contributed by atoms with van der Waals surface area (Å²) in [5, 5.41) is 14.6. The van der Waals surface area contributed by atoms with E-state index in [0.29, 0.717) is 30.7 Å². The molecule has 1 aliphatic heterocycles. The Hall–Kier alpha value is -3.04. The number of aromatic hydroxyl groups is 1. The average molecular weight is 425 g/mol. The van der Waals surface area contributed by atoms with Crippen LogP contribution in [0.1, 0.15) is 38.8 Å². The zero-order chi connectivity index (χ0) is 22.4. The molecule has 0 atom stereocenters. The molecule has 0 radical (unpaired) electrons. The molecule has 4 rings (SSSR count). The summed E-state index contributed by atoms with van der Waals surface area (Å²) in [7, 11) is 1.87. The fraction of sp³-hybridized carbons (Fsp3) is 0.450. The Balaban J connectivity index is 0.000000228. The van der Waals surface area contributed by atoms with Crippen molar-refractivity contribution in [3.63, 3.8) is 0 Å². The summed E-state index contributed by atoms with van der Waals surface area (Å²) in [5.41, 5.74) is 1.54. The molecule has 3 N–H and O–H groups in total. The minimum Gasteiger partial charge on any atom is -0.508 e. The maximum absolute atomic E-state index is 12.1. The van der Waals surface area contributed by atoms with E-state index in [-0.39, 0.29) is 5.91 Å². The van der Waals surface area contributed by atoms with Crippen LogP contribution in [0.15, 0.2) is 12.1 Å². The highest BCUT2D eigenvalue weighted by Gasteiger charge is 2.25. The number of amides is 1. The zero-order valence-electron chi connectivity index (χ0n) is 17.4. The fourth-order valence-electron chi connectivity index (χ4n) is 2.79. The number of rotatable bonds is 2. The van der Waals surface area contributed by atoms with Crippen molar-refractivity contribution < 1.29 is 23.1 Å². The molecule has 1 saturated carbocycles. The summed E-state index contributed by atoms with van der Waals surface area (Å²) in [6, 6.07) is 1.50. The van der Waals surface area contributed by atoms with Crippen LogP contribution < -0.4 is 15.5 Å². The zero-order valence-corrected chi connectivity index (χ0v) is 17.4. The van der Waals surface area contributed by atoms with E-state index in [1.165, 1.54) is 19.3 Å². The maximum atomic E-state index is 12.1. The number of aromatic nitrogens is 2. The van der Waals surface area contributed by atoms with Gasteiger partial charge >= 0.3 is 0 Å². The van der Waals surface area contributed by atoms with Gasteiger partial charge in [-0.3, -0.25) is 4.79 Å². The highest BCUT2D eigenvalue weighted by Crippen LogP contribution is 2.31. The molecule has 30 heavy (non-hydrogen) atoms. The smallest absolute Gasteiger partial charge is 0.244 e. The molecule has 1 aromatic heterocycles. The summed E-state index contributed by atoms with van der Waals surface area (Å²) < 4.78 is 36.2. The number of nitrogens with one attached hydrogen (secondary N) is 2. The van der Waals surface area contributed by atoms with Crippen molar-refractivity contribution >= 4 is 23.4 Å². The summed E-state index contributed by atoms with van der Waals surface area (Å²) in [6.45, 7) is 6.23. The summed E-state index contributed by atoms with van der Waals surface area (Å²) in [6.07, 6.45) is 3.65. The Bertz CT molecular complexity index is 883. The van der Waals surface area contributed by atoms with Crippen LogP contribution in [-0.2, 0) is 4.79 Å². The van der Waals surface area contributed by atoms with Gasteiger partial charge in [-0.15, -0.1) is 0 Å². The average Bonchev–Trinajstić information content (AvgIpc) is 2.66. The quantitative estimate of drug-likeness (QED) is 0.631. The number of carbonyl (C=O) groups excluding carboxylic acids is 1. The van der Waals surface area contributed by atoms with Crippen molar-refractivity contribution in [2.24, 2.45) is 0 Å². The van der Waals surface area contributed by atoms with E-state index < -0.39 is 23.2 Å². The van der Waals surface area contributed by atoms with Crippen LogP contribution in [-0.4, -0.2) is 40.6 Å². The Morgan fingerprint density at radius 2 is 1.77 bits per heavy atom. The van der Waals surface area contributed by atoms with Crippen LogP contribution in [0.2, 0.25) is 0 Å². The lowest BCUT2D eigenvalue weighted by Crippen LogP contribution is -2.37. The third-order valence-electron chi connectivity index (χ3n) is 4.48. The molecule has 1 aliphatic carbocycles. The Morgan fingerprint density at radius 1 is 1.17 bits per heavy atom. The lowest BCUT2D eigenvalue weighted by molar-refractivity contribution is -0.115. The lowest BCUT2D eigenvalue weighted by atomic mass is 9.93. The largest absolute Gasteiger partial charge is 0.508 e. The van der Waals surface area contributed by atoms with E-state index in [1.807, 2.05) is 32.7 Å².